The van der Waals surface area contributed by atoms with Crippen LogP contribution in [0.1, 0.15) is 155 Å². The van der Waals surface area contributed by atoms with Crippen molar-refractivity contribution in [3.8, 4) is 0 Å². The van der Waals surface area contributed by atoms with Gasteiger partial charge in [0.2, 0.25) is 11.8 Å². The van der Waals surface area contributed by atoms with Crippen molar-refractivity contribution in [3.05, 3.63) is 0 Å². The topological polar surface area (TPSA) is 133 Å². The summed E-state index contributed by atoms with van der Waals surface area (Å²) >= 11 is 0. The number of hydrogen-bond donors (Lipinski definition) is 4. The average molecular weight is 581 g/mol. The van der Waals surface area contributed by atoms with Crippen molar-refractivity contribution in [1.82, 2.24) is 10.6 Å². The number of carbonyl (C=O) groups excluding carboxylic acids is 2. The van der Waals surface area contributed by atoms with Crippen LogP contribution in [0.25, 0.3) is 0 Å². The zero-order valence-electron chi connectivity index (χ0n) is 25.9. The van der Waals surface area contributed by atoms with Crippen LogP contribution in [0.5, 0.6) is 0 Å². The van der Waals surface area contributed by atoms with Crippen LogP contribution in [0.2, 0.25) is 0 Å². The first-order valence-corrected chi connectivity index (χ1v) is 16.8. The van der Waals surface area contributed by atoms with E-state index < -0.39 is 17.9 Å². The van der Waals surface area contributed by atoms with Crippen LogP contribution in [-0.2, 0) is 19.2 Å². The third-order valence-electron chi connectivity index (χ3n) is 8.71. The highest BCUT2D eigenvalue weighted by molar-refractivity contribution is 5.79. The summed E-state index contributed by atoms with van der Waals surface area (Å²) in [6.07, 6.45) is 24.2. The monoisotopic (exact) mass is 580 g/mol. The number of hydrogen-bond acceptors (Lipinski definition) is 4. The fraction of sp³-hybridized carbons (Fsp3) is 0.879. The molecule has 1 atom stereocenters. The molecule has 0 radical (unpaired) electrons. The molecule has 2 amide bonds. The standard InChI is InChI=1S/C33H60N2O6/c1-2-28(33(40)41)26-35-32(39)29-23-21-27(22-24-29)25-34-30(36)19-17-15-13-11-9-7-5-3-4-6-8-10-12-14-16-18-20-31(37)38/h27-29H,2-26H2,1H3,(H,34,36)(H,35,39)(H,37,38)(H,40,41)/t27?,28-,29?/m1/s1. The lowest BCUT2D eigenvalue weighted by Gasteiger charge is -2.28. The zero-order chi connectivity index (χ0) is 30.1. The summed E-state index contributed by atoms with van der Waals surface area (Å²) in [5, 5.41) is 23.7. The highest BCUT2D eigenvalue weighted by atomic mass is 16.4. The Morgan fingerprint density at radius 2 is 1.07 bits per heavy atom. The number of rotatable bonds is 26. The Morgan fingerprint density at radius 1 is 0.634 bits per heavy atom. The molecule has 238 valence electrons. The lowest BCUT2D eigenvalue weighted by Crippen LogP contribution is -2.39. The molecule has 0 aromatic heterocycles. The van der Waals surface area contributed by atoms with Gasteiger partial charge in [-0.3, -0.25) is 19.2 Å². The number of amides is 2. The smallest absolute Gasteiger partial charge is 0.308 e. The first-order valence-electron chi connectivity index (χ1n) is 16.8. The van der Waals surface area contributed by atoms with E-state index in [4.69, 9.17) is 10.2 Å². The van der Waals surface area contributed by atoms with Gasteiger partial charge in [-0.25, -0.2) is 0 Å². The van der Waals surface area contributed by atoms with Crippen molar-refractivity contribution in [1.29, 1.82) is 0 Å². The molecule has 0 aromatic carbocycles. The quantitative estimate of drug-likeness (QED) is 0.0797. The minimum absolute atomic E-state index is 0.0295. The van der Waals surface area contributed by atoms with E-state index >= 15 is 0 Å². The van der Waals surface area contributed by atoms with Crippen LogP contribution in [0, 0.1) is 17.8 Å². The van der Waals surface area contributed by atoms with Gasteiger partial charge < -0.3 is 20.8 Å². The fourth-order valence-electron chi connectivity index (χ4n) is 5.79. The summed E-state index contributed by atoms with van der Waals surface area (Å²) in [4.78, 5) is 46.2. The van der Waals surface area contributed by atoms with Gasteiger partial charge in [-0.15, -0.1) is 0 Å². The van der Waals surface area contributed by atoms with Gasteiger partial charge in [0, 0.05) is 31.8 Å². The lowest BCUT2D eigenvalue weighted by atomic mass is 9.81. The SMILES string of the molecule is CC[C@H](CNC(=O)C1CCC(CNC(=O)CCCCCCCCCCCCCCCCCCC(=O)O)CC1)C(=O)O. The number of carbonyl (C=O) groups is 4. The highest BCUT2D eigenvalue weighted by Gasteiger charge is 2.27. The van der Waals surface area contributed by atoms with Crippen LogP contribution < -0.4 is 10.6 Å². The van der Waals surface area contributed by atoms with Gasteiger partial charge in [0.1, 0.15) is 0 Å². The summed E-state index contributed by atoms with van der Waals surface area (Å²) in [6, 6.07) is 0. The molecular formula is C33H60N2O6. The molecule has 1 fully saturated rings. The first-order chi connectivity index (χ1) is 19.8. The summed E-state index contributed by atoms with van der Waals surface area (Å²) in [7, 11) is 0. The minimum Gasteiger partial charge on any atom is -0.481 e. The first kappa shape index (κ1) is 36.9. The summed E-state index contributed by atoms with van der Waals surface area (Å²) in [6.45, 7) is 2.71. The van der Waals surface area contributed by atoms with Crippen molar-refractivity contribution >= 4 is 23.8 Å². The Hall–Kier alpha value is -2.12. The minimum atomic E-state index is -0.864. The van der Waals surface area contributed by atoms with Crippen LogP contribution in [0.15, 0.2) is 0 Å². The van der Waals surface area contributed by atoms with Crippen LogP contribution >= 0.6 is 0 Å². The van der Waals surface area contributed by atoms with E-state index in [2.05, 4.69) is 10.6 Å². The number of unbranched alkanes of at least 4 members (excludes halogenated alkanes) is 15. The molecule has 0 bridgehead atoms. The third kappa shape index (κ3) is 20.4. The van der Waals surface area contributed by atoms with E-state index in [1.165, 1.54) is 77.0 Å². The molecule has 4 N–H and O–H groups in total. The molecule has 1 aliphatic carbocycles. The fourth-order valence-corrected chi connectivity index (χ4v) is 5.79. The van der Waals surface area contributed by atoms with Crippen molar-refractivity contribution < 1.29 is 29.4 Å². The van der Waals surface area contributed by atoms with Gasteiger partial charge >= 0.3 is 11.9 Å². The van der Waals surface area contributed by atoms with Crippen LogP contribution in [0.4, 0.5) is 0 Å². The van der Waals surface area contributed by atoms with E-state index in [-0.39, 0.29) is 24.3 Å². The number of aliphatic carboxylic acids is 2. The van der Waals surface area contributed by atoms with Gasteiger partial charge in [0.05, 0.1) is 5.92 Å². The van der Waals surface area contributed by atoms with E-state index in [0.717, 1.165) is 51.4 Å². The summed E-state index contributed by atoms with van der Waals surface area (Å²) in [5.74, 6) is -1.58. The maximum atomic E-state index is 12.4. The molecule has 1 aliphatic rings. The highest BCUT2D eigenvalue weighted by Crippen LogP contribution is 2.28. The maximum Gasteiger partial charge on any atom is 0.308 e. The second-order valence-electron chi connectivity index (χ2n) is 12.3. The molecule has 8 heteroatoms. The molecule has 0 spiro atoms. The van der Waals surface area contributed by atoms with Crippen LogP contribution in [0.3, 0.4) is 0 Å². The van der Waals surface area contributed by atoms with Crippen molar-refractivity contribution in [3.63, 3.8) is 0 Å². The Labute approximate surface area is 249 Å². The number of carboxylic acids is 2. The van der Waals surface area contributed by atoms with Crippen molar-refractivity contribution in [2.24, 2.45) is 17.8 Å². The molecule has 0 aliphatic heterocycles. The molecule has 0 saturated heterocycles. The van der Waals surface area contributed by atoms with E-state index in [1.807, 2.05) is 6.92 Å². The van der Waals surface area contributed by atoms with Crippen molar-refractivity contribution in [2.45, 2.75) is 155 Å². The molecule has 0 unspecified atom stereocenters. The predicted octanol–water partition coefficient (Wildman–Crippen LogP) is 7.24. The van der Waals surface area contributed by atoms with Gasteiger partial charge in [0.15, 0.2) is 0 Å². The zero-order valence-corrected chi connectivity index (χ0v) is 25.9. The molecule has 8 nitrogen and oxygen atoms in total. The largest absolute Gasteiger partial charge is 0.481 e. The lowest BCUT2D eigenvalue weighted by molar-refractivity contribution is -0.142. The Balaban J connectivity index is 1.87. The van der Waals surface area contributed by atoms with Gasteiger partial charge in [-0.1, -0.05) is 96.8 Å². The predicted molar refractivity (Wildman–Crippen MR) is 164 cm³/mol. The van der Waals surface area contributed by atoms with E-state index in [9.17, 15) is 19.2 Å². The molecule has 41 heavy (non-hydrogen) atoms. The van der Waals surface area contributed by atoms with E-state index in [1.54, 1.807) is 0 Å². The second kappa shape index (κ2) is 24.5. The Bertz CT molecular complexity index is 721. The number of nitrogens with one attached hydrogen (secondary N) is 2. The average Bonchev–Trinajstić information content (AvgIpc) is 2.95. The Kier molecular flexibility index (Phi) is 22.0. The van der Waals surface area contributed by atoms with Gasteiger partial charge in [0.25, 0.3) is 0 Å². The molecule has 1 rings (SSSR count). The van der Waals surface area contributed by atoms with Crippen LogP contribution in [-0.4, -0.2) is 47.1 Å². The Morgan fingerprint density at radius 3 is 1.49 bits per heavy atom. The molecule has 0 heterocycles. The maximum absolute atomic E-state index is 12.4. The van der Waals surface area contributed by atoms with Gasteiger partial charge in [-0.2, -0.15) is 0 Å². The second-order valence-corrected chi connectivity index (χ2v) is 12.3. The normalized spacial score (nSPS) is 17.6. The van der Waals surface area contributed by atoms with Crippen molar-refractivity contribution in [2.75, 3.05) is 13.1 Å². The summed E-state index contributed by atoms with van der Waals surface area (Å²) < 4.78 is 0. The summed E-state index contributed by atoms with van der Waals surface area (Å²) in [5.41, 5.74) is 0. The molecule has 1 saturated carbocycles. The molecule has 0 aromatic rings. The van der Waals surface area contributed by atoms with E-state index in [0.29, 0.717) is 31.7 Å². The number of carboxylic acid groups (broad SMARTS) is 2. The van der Waals surface area contributed by atoms with Gasteiger partial charge in [-0.05, 0) is 50.9 Å². The molecular weight excluding hydrogens is 520 g/mol. The third-order valence-corrected chi connectivity index (χ3v) is 8.71.